The molecule has 19 heavy (non-hydrogen) atoms. The van der Waals surface area contributed by atoms with E-state index in [4.69, 9.17) is 11.6 Å². The smallest absolute Gasteiger partial charge is 0.159 e. The zero-order chi connectivity index (χ0) is 13.2. The number of hydrogen-bond donors (Lipinski definition) is 0. The fraction of sp³-hybridized carbons (Fsp3) is 0. The fourth-order valence-corrected chi connectivity index (χ4v) is 3.19. The van der Waals surface area contributed by atoms with Gasteiger partial charge in [-0.25, -0.2) is 4.98 Å². The van der Waals surface area contributed by atoms with Gasteiger partial charge in [-0.05, 0) is 39.8 Å². The van der Waals surface area contributed by atoms with Gasteiger partial charge in [0.05, 0.1) is 4.47 Å². The molecule has 2 heterocycles. The molecule has 0 radical (unpaired) electrons. The van der Waals surface area contributed by atoms with Crippen molar-refractivity contribution in [3.8, 4) is 0 Å². The Balaban J connectivity index is 2.12. The molecular weight excluding hydrogens is 346 g/mol. The zero-order valence-corrected chi connectivity index (χ0v) is 12.7. The Morgan fingerprint density at radius 2 is 1.74 bits per heavy atom. The molecule has 0 saturated carbocycles. The SMILES string of the molecule is Clc1nnc(Sc2ncccc2Br)c2ccccc12. The lowest BCUT2D eigenvalue weighted by Gasteiger charge is -2.06. The van der Waals surface area contributed by atoms with E-state index in [1.54, 1.807) is 6.20 Å². The summed E-state index contributed by atoms with van der Waals surface area (Å²) in [6.07, 6.45) is 1.75. The van der Waals surface area contributed by atoms with Crippen LogP contribution in [0.1, 0.15) is 0 Å². The first-order valence-corrected chi connectivity index (χ1v) is 7.44. The van der Waals surface area contributed by atoms with Crippen LogP contribution in [0.25, 0.3) is 10.8 Å². The van der Waals surface area contributed by atoms with Crippen LogP contribution in [0, 0.1) is 0 Å². The molecule has 2 aromatic heterocycles. The molecule has 0 aliphatic carbocycles. The number of rotatable bonds is 2. The third-order valence-corrected chi connectivity index (χ3v) is 4.72. The van der Waals surface area contributed by atoms with Crippen molar-refractivity contribution in [2.75, 3.05) is 0 Å². The maximum atomic E-state index is 6.06. The third-order valence-electron chi connectivity index (χ3n) is 2.53. The molecule has 0 aliphatic heterocycles. The van der Waals surface area contributed by atoms with Crippen LogP contribution in [-0.4, -0.2) is 15.2 Å². The standard InChI is InChI=1S/C13H7BrClN3S/c14-10-6-3-7-16-13(10)19-12-9-5-2-1-4-8(9)11(15)17-18-12/h1-7H. The van der Waals surface area contributed by atoms with Crippen molar-refractivity contribution in [1.29, 1.82) is 0 Å². The van der Waals surface area contributed by atoms with E-state index < -0.39 is 0 Å². The van der Waals surface area contributed by atoms with Crippen LogP contribution in [0.4, 0.5) is 0 Å². The fourth-order valence-electron chi connectivity index (χ4n) is 1.66. The first-order chi connectivity index (χ1) is 9.25. The Kier molecular flexibility index (Phi) is 3.68. The molecule has 3 aromatic rings. The number of halogens is 2. The Hall–Kier alpha value is -1.17. The molecule has 1 aromatic carbocycles. The van der Waals surface area contributed by atoms with Crippen molar-refractivity contribution in [1.82, 2.24) is 15.2 Å². The summed E-state index contributed by atoms with van der Waals surface area (Å²) in [5.74, 6) is 0. The molecule has 0 amide bonds. The van der Waals surface area contributed by atoms with E-state index in [0.29, 0.717) is 5.15 Å². The van der Waals surface area contributed by atoms with E-state index in [0.717, 1.165) is 25.3 Å². The second-order valence-corrected chi connectivity index (χ2v) is 5.92. The highest BCUT2D eigenvalue weighted by molar-refractivity contribution is 9.10. The van der Waals surface area contributed by atoms with Gasteiger partial charge in [0.25, 0.3) is 0 Å². The average molecular weight is 353 g/mol. The summed E-state index contributed by atoms with van der Waals surface area (Å²) in [7, 11) is 0. The Labute approximate surface area is 127 Å². The highest BCUT2D eigenvalue weighted by atomic mass is 79.9. The van der Waals surface area contributed by atoms with Crippen molar-refractivity contribution >= 4 is 50.1 Å². The van der Waals surface area contributed by atoms with E-state index in [1.165, 1.54) is 11.8 Å². The zero-order valence-electron chi connectivity index (χ0n) is 9.55. The minimum absolute atomic E-state index is 0.417. The molecule has 94 valence electrons. The van der Waals surface area contributed by atoms with Crippen LogP contribution in [0.2, 0.25) is 5.15 Å². The van der Waals surface area contributed by atoms with Crippen LogP contribution in [0.15, 0.2) is 57.1 Å². The molecule has 0 unspecified atom stereocenters. The molecule has 3 nitrogen and oxygen atoms in total. The van der Waals surface area contributed by atoms with Gasteiger partial charge in [0, 0.05) is 17.0 Å². The predicted molar refractivity (Wildman–Crippen MR) is 80.6 cm³/mol. The third kappa shape index (κ3) is 2.59. The average Bonchev–Trinajstić information content (AvgIpc) is 2.44. The summed E-state index contributed by atoms with van der Waals surface area (Å²) >= 11 is 11.0. The molecule has 0 aliphatic rings. The lowest BCUT2D eigenvalue weighted by Crippen LogP contribution is -1.90. The minimum atomic E-state index is 0.417. The maximum Gasteiger partial charge on any atom is 0.159 e. The largest absolute Gasteiger partial charge is 0.248 e. The lowest BCUT2D eigenvalue weighted by atomic mass is 10.2. The molecule has 0 atom stereocenters. The Morgan fingerprint density at radius 3 is 2.53 bits per heavy atom. The van der Waals surface area contributed by atoms with Gasteiger partial charge in [0.2, 0.25) is 0 Å². The van der Waals surface area contributed by atoms with Crippen LogP contribution in [-0.2, 0) is 0 Å². The van der Waals surface area contributed by atoms with Crippen molar-refractivity contribution < 1.29 is 0 Å². The van der Waals surface area contributed by atoms with Gasteiger partial charge in [-0.2, -0.15) is 0 Å². The topological polar surface area (TPSA) is 38.7 Å². The van der Waals surface area contributed by atoms with Gasteiger partial charge in [0.1, 0.15) is 10.1 Å². The summed E-state index contributed by atoms with van der Waals surface area (Å²) in [5.41, 5.74) is 0. The monoisotopic (exact) mass is 351 g/mol. The number of benzene rings is 1. The van der Waals surface area contributed by atoms with Gasteiger partial charge in [-0.1, -0.05) is 35.9 Å². The summed E-state index contributed by atoms with van der Waals surface area (Å²) in [6.45, 7) is 0. The number of hydrogen-bond acceptors (Lipinski definition) is 4. The summed E-state index contributed by atoms with van der Waals surface area (Å²) in [4.78, 5) is 4.32. The molecule has 0 saturated heterocycles. The van der Waals surface area contributed by atoms with Gasteiger partial charge < -0.3 is 0 Å². The summed E-state index contributed by atoms with van der Waals surface area (Å²) in [5, 5.41) is 12.1. The molecule has 0 fully saturated rings. The molecular formula is C13H7BrClN3S. The number of aromatic nitrogens is 3. The van der Waals surface area contributed by atoms with Crippen molar-refractivity contribution in [3.63, 3.8) is 0 Å². The molecule has 0 spiro atoms. The van der Waals surface area contributed by atoms with Crippen LogP contribution >= 0.6 is 39.3 Å². The van der Waals surface area contributed by atoms with Gasteiger partial charge in [0.15, 0.2) is 5.15 Å². The second kappa shape index (κ2) is 5.45. The maximum absolute atomic E-state index is 6.06. The molecule has 0 N–H and O–H groups in total. The van der Waals surface area contributed by atoms with Crippen LogP contribution < -0.4 is 0 Å². The van der Waals surface area contributed by atoms with E-state index in [1.807, 2.05) is 36.4 Å². The van der Waals surface area contributed by atoms with E-state index in [9.17, 15) is 0 Å². The molecule has 0 bridgehead atoms. The van der Waals surface area contributed by atoms with Gasteiger partial charge in [-0.3, -0.25) is 0 Å². The van der Waals surface area contributed by atoms with Crippen LogP contribution in [0.3, 0.4) is 0 Å². The van der Waals surface area contributed by atoms with Crippen molar-refractivity contribution in [3.05, 3.63) is 52.2 Å². The predicted octanol–water partition coefficient (Wildman–Crippen LogP) is 4.59. The lowest BCUT2D eigenvalue weighted by molar-refractivity contribution is 0.952. The van der Waals surface area contributed by atoms with Gasteiger partial charge >= 0.3 is 0 Å². The highest BCUT2D eigenvalue weighted by Crippen LogP contribution is 2.35. The second-order valence-electron chi connectivity index (χ2n) is 3.73. The normalized spacial score (nSPS) is 10.8. The first-order valence-electron chi connectivity index (χ1n) is 5.45. The Morgan fingerprint density at radius 1 is 0.947 bits per heavy atom. The molecule has 3 rings (SSSR count). The number of pyridine rings is 1. The number of fused-ring (bicyclic) bond motifs is 1. The van der Waals surface area contributed by atoms with E-state index >= 15 is 0 Å². The van der Waals surface area contributed by atoms with E-state index in [2.05, 4.69) is 31.1 Å². The van der Waals surface area contributed by atoms with Gasteiger partial charge in [-0.15, -0.1) is 10.2 Å². The van der Waals surface area contributed by atoms with Crippen molar-refractivity contribution in [2.24, 2.45) is 0 Å². The Bertz CT molecular complexity index is 751. The quantitative estimate of drug-likeness (QED) is 0.676. The highest BCUT2D eigenvalue weighted by Gasteiger charge is 2.11. The minimum Gasteiger partial charge on any atom is -0.248 e. The van der Waals surface area contributed by atoms with Crippen molar-refractivity contribution in [2.45, 2.75) is 10.1 Å². The molecule has 6 heteroatoms. The summed E-state index contributed by atoms with van der Waals surface area (Å²) in [6, 6.07) is 11.6. The first kappa shape index (κ1) is 12.8. The van der Waals surface area contributed by atoms with Crippen LogP contribution in [0.5, 0.6) is 0 Å². The van der Waals surface area contributed by atoms with E-state index in [-0.39, 0.29) is 0 Å². The summed E-state index contributed by atoms with van der Waals surface area (Å²) < 4.78 is 0.931. The number of nitrogens with zero attached hydrogens (tertiary/aromatic N) is 3.